The largest absolute Gasteiger partial charge is 0.469 e. The molecule has 2 N–H and O–H groups in total. The highest BCUT2D eigenvalue weighted by Crippen LogP contribution is 2.41. The Bertz CT molecular complexity index is 1020. The minimum atomic E-state index is -4.76. The molecule has 0 aromatic carbocycles. The average Bonchev–Trinajstić information content (AvgIpc) is 2.87. The highest BCUT2D eigenvalue weighted by atomic mass is 19.4. The van der Waals surface area contributed by atoms with Gasteiger partial charge in [0.15, 0.2) is 0 Å². The predicted molar refractivity (Wildman–Crippen MR) is 121 cm³/mol. The molecule has 0 saturated carbocycles. The highest BCUT2D eigenvalue weighted by molar-refractivity contribution is 5.73. The molecule has 0 unspecified atom stereocenters. The molecule has 35 heavy (non-hydrogen) atoms. The van der Waals surface area contributed by atoms with E-state index in [9.17, 15) is 18.0 Å². The zero-order valence-corrected chi connectivity index (χ0v) is 19.3. The van der Waals surface area contributed by atoms with Crippen molar-refractivity contribution in [3.8, 4) is 11.3 Å². The van der Waals surface area contributed by atoms with Crippen molar-refractivity contribution in [1.29, 1.82) is 0 Å². The molecule has 0 radical (unpaired) electrons. The van der Waals surface area contributed by atoms with Gasteiger partial charge in [-0.05, 0) is 6.42 Å². The molecular weight excluding hydrogens is 469 g/mol. The number of nitrogen functional groups attached to an aromatic ring is 1. The molecule has 190 valence electrons. The molecule has 2 saturated heterocycles. The van der Waals surface area contributed by atoms with Crippen molar-refractivity contribution in [2.45, 2.75) is 19.0 Å². The monoisotopic (exact) mass is 496 g/mol. The number of methoxy groups -OCH3 is 1. The standard InChI is InChI=1S/C22H27F3N6O4/c1-33-18(32)3-2-14-19(22(23,24)25)15(13-27-20(14)26)16-12-17(30-4-8-34-9-5-30)29-21(28-16)31-6-10-35-11-7-31/h12-13H,2-11H2,1H3,(H2,26,27). The van der Waals surface area contributed by atoms with Crippen molar-refractivity contribution >= 4 is 23.6 Å². The summed E-state index contributed by atoms with van der Waals surface area (Å²) in [5.41, 5.74) is 4.47. The lowest BCUT2D eigenvalue weighted by molar-refractivity contribution is -0.141. The van der Waals surface area contributed by atoms with Gasteiger partial charge in [-0.15, -0.1) is 0 Å². The number of alkyl halides is 3. The maximum absolute atomic E-state index is 14.4. The number of pyridine rings is 1. The van der Waals surface area contributed by atoms with Crippen LogP contribution in [0.25, 0.3) is 11.3 Å². The summed E-state index contributed by atoms with van der Waals surface area (Å²) < 4.78 is 58.6. The van der Waals surface area contributed by atoms with Crippen LogP contribution in [0.1, 0.15) is 17.5 Å². The van der Waals surface area contributed by atoms with E-state index in [1.807, 2.05) is 9.80 Å². The molecular formula is C22H27F3N6O4. The van der Waals surface area contributed by atoms with Gasteiger partial charge in [0.1, 0.15) is 11.6 Å². The van der Waals surface area contributed by atoms with Gasteiger partial charge in [0, 0.05) is 56.0 Å². The number of halogens is 3. The van der Waals surface area contributed by atoms with Crippen LogP contribution in [0.2, 0.25) is 0 Å². The van der Waals surface area contributed by atoms with Gasteiger partial charge in [0.2, 0.25) is 5.95 Å². The van der Waals surface area contributed by atoms with Crippen molar-refractivity contribution in [3.63, 3.8) is 0 Å². The molecule has 2 aromatic heterocycles. The van der Waals surface area contributed by atoms with Crippen LogP contribution in [0.15, 0.2) is 12.3 Å². The van der Waals surface area contributed by atoms with E-state index < -0.39 is 17.7 Å². The zero-order valence-electron chi connectivity index (χ0n) is 19.3. The van der Waals surface area contributed by atoms with Gasteiger partial charge >= 0.3 is 12.1 Å². The second kappa shape index (κ2) is 10.6. The highest BCUT2D eigenvalue weighted by Gasteiger charge is 2.38. The number of anilines is 3. The lowest BCUT2D eigenvalue weighted by Crippen LogP contribution is -2.39. The van der Waals surface area contributed by atoms with E-state index in [1.165, 1.54) is 13.2 Å². The van der Waals surface area contributed by atoms with Crippen LogP contribution in [0.4, 0.5) is 30.8 Å². The SMILES string of the molecule is COC(=O)CCc1c(N)ncc(-c2cc(N3CCOCC3)nc(N3CCOCC3)n2)c1C(F)(F)F. The first-order valence-electron chi connectivity index (χ1n) is 11.2. The summed E-state index contributed by atoms with van der Waals surface area (Å²) >= 11 is 0. The fourth-order valence-electron chi connectivity index (χ4n) is 4.09. The molecule has 2 aromatic rings. The summed E-state index contributed by atoms with van der Waals surface area (Å²) in [5.74, 6) is -0.121. The Morgan fingerprint density at radius 2 is 1.71 bits per heavy atom. The predicted octanol–water partition coefficient (Wildman–Crippen LogP) is 1.92. The summed E-state index contributed by atoms with van der Waals surface area (Å²) in [7, 11) is 1.17. The Labute approximate surface area is 200 Å². The third kappa shape index (κ3) is 5.73. The minimum absolute atomic E-state index is 0.0714. The molecule has 4 rings (SSSR count). The average molecular weight is 496 g/mol. The summed E-state index contributed by atoms with van der Waals surface area (Å²) in [6, 6.07) is 1.53. The van der Waals surface area contributed by atoms with E-state index in [0.29, 0.717) is 64.4 Å². The number of ether oxygens (including phenoxy) is 3. The van der Waals surface area contributed by atoms with Gasteiger partial charge in [0.25, 0.3) is 0 Å². The number of nitrogens with two attached hydrogens (primary N) is 1. The van der Waals surface area contributed by atoms with Crippen molar-refractivity contribution in [2.24, 2.45) is 0 Å². The van der Waals surface area contributed by atoms with Gasteiger partial charge in [-0.3, -0.25) is 4.79 Å². The first-order chi connectivity index (χ1) is 16.8. The molecule has 2 aliphatic heterocycles. The number of hydrogen-bond acceptors (Lipinski definition) is 10. The van der Waals surface area contributed by atoms with E-state index in [1.54, 1.807) is 0 Å². The number of hydrogen-bond donors (Lipinski definition) is 1. The number of rotatable bonds is 6. The van der Waals surface area contributed by atoms with Gasteiger partial charge in [-0.25, -0.2) is 9.97 Å². The molecule has 10 nitrogen and oxygen atoms in total. The van der Waals surface area contributed by atoms with Gasteiger partial charge in [-0.1, -0.05) is 0 Å². The van der Waals surface area contributed by atoms with Crippen LogP contribution < -0.4 is 15.5 Å². The van der Waals surface area contributed by atoms with E-state index in [0.717, 1.165) is 6.20 Å². The van der Waals surface area contributed by atoms with Crippen molar-refractivity contribution in [1.82, 2.24) is 15.0 Å². The lowest BCUT2D eigenvalue weighted by atomic mass is 9.97. The van der Waals surface area contributed by atoms with Crippen molar-refractivity contribution in [3.05, 3.63) is 23.4 Å². The van der Waals surface area contributed by atoms with Crippen LogP contribution in [0, 0.1) is 0 Å². The van der Waals surface area contributed by atoms with E-state index >= 15 is 0 Å². The smallest absolute Gasteiger partial charge is 0.417 e. The minimum Gasteiger partial charge on any atom is -0.469 e. The third-order valence-corrected chi connectivity index (χ3v) is 5.91. The van der Waals surface area contributed by atoms with Gasteiger partial charge in [0.05, 0.1) is 44.8 Å². The fraction of sp³-hybridized carbons (Fsp3) is 0.545. The summed E-state index contributed by atoms with van der Waals surface area (Å²) in [6.45, 7) is 4.04. The lowest BCUT2D eigenvalue weighted by Gasteiger charge is -2.31. The van der Waals surface area contributed by atoms with E-state index in [-0.39, 0.29) is 35.5 Å². The van der Waals surface area contributed by atoms with E-state index in [4.69, 9.17) is 15.2 Å². The number of nitrogens with zero attached hydrogens (tertiary/aromatic N) is 5. The Hall–Kier alpha value is -3.19. The Morgan fingerprint density at radius 1 is 1.09 bits per heavy atom. The molecule has 13 heteroatoms. The van der Waals surface area contributed by atoms with Crippen molar-refractivity contribution < 1.29 is 32.2 Å². The molecule has 2 fully saturated rings. The van der Waals surface area contributed by atoms with Crippen LogP contribution in [-0.2, 0) is 31.6 Å². The Balaban J connectivity index is 1.84. The van der Waals surface area contributed by atoms with Gasteiger partial charge < -0.3 is 29.7 Å². The number of morpholine rings is 2. The molecule has 4 heterocycles. The molecule has 0 bridgehead atoms. The summed E-state index contributed by atoms with van der Waals surface area (Å²) in [5, 5.41) is 0. The van der Waals surface area contributed by atoms with Crippen LogP contribution in [0.5, 0.6) is 0 Å². The number of carbonyl (C=O) groups excluding carboxylic acids is 1. The topological polar surface area (TPSA) is 116 Å². The maximum Gasteiger partial charge on any atom is 0.417 e. The Morgan fingerprint density at radius 3 is 2.31 bits per heavy atom. The summed E-state index contributed by atoms with van der Waals surface area (Å²) in [4.78, 5) is 28.6. The summed E-state index contributed by atoms with van der Waals surface area (Å²) in [6.07, 6.45) is -4.22. The Kier molecular flexibility index (Phi) is 7.55. The molecule has 0 atom stereocenters. The molecule has 2 aliphatic rings. The van der Waals surface area contributed by atoms with E-state index in [2.05, 4.69) is 19.7 Å². The molecule has 0 aliphatic carbocycles. The molecule has 0 spiro atoms. The quantitative estimate of drug-likeness (QED) is 0.595. The zero-order chi connectivity index (χ0) is 25.0. The first-order valence-corrected chi connectivity index (χ1v) is 11.2. The van der Waals surface area contributed by atoms with Crippen LogP contribution in [0.3, 0.4) is 0 Å². The number of esters is 1. The first kappa shape index (κ1) is 24.9. The third-order valence-electron chi connectivity index (χ3n) is 5.91. The number of aromatic nitrogens is 3. The van der Waals surface area contributed by atoms with Gasteiger partial charge in [-0.2, -0.15) is 18.2 Å². The second-order valence-electron chi connectivity index (χ2n) is 8.09. The maximum atomic E-state index is 14.4. The van der Waals surface area contributed by atoms with Crippen molar-refractivity contribution in [2.75, 3.05) is 75.2 Å². The number of carbonyl (C=O) groups is 1. The van der Waals surface area contributed by atoms with Crippen LogP contribution >= 0.6 is 0 Å². The normalized spacial score (nSPS) is 16.9. The second-order valence-corrected chi connectivity index (χ2v) is 8.09. The van der Waals surface area contributed by atoms with Crippen LogP contribution in [-0.4, -0.2) is 80.6 Å². The molecule has 0 amide bonds. The fourth-order valence-corrected chi connectivity index (χ4v) is 4.09.